The van der Waals surface area contributed by atoms with Crippen LogP contribution in [-0.4, -0.2) is 43.4 Å². The normalized spacial score (nSPS) is 20.4. The van der Waals surface area contributed by atoms with Gasteiger partial charge in [0.1, 0.15) is 19.3 Å². The van der Waals surface area contributed by atoms with Gasteiger partial charge in [0.25, 0.3) is 0 Å². The van der Waals surface area contributed by atoms with Gasteiger partial charge in [-0.05, 0) is 13.3 Å². The molecule has 0 saturated carbocycles. The van der Waals surface area contributed by atoms with Crippen LogP contribution in [0.5, 0.6) is 11.5 Å². The highest BCUT2D eigenvalue weighted by Crippen LogP contribution is 2.42. The Bertz CT molecular complexity index is 532. The predicted molar refractivity (Wildman–Crippen MR) is 74.6 cm³/mol. The van der Waals surface area contributed by atoms with E-state index in [1.54, 1.807) is 4.90 Å². The molecule has 0 aliphatic carbocycles. The van der Waals surface area contributed by atoms with Crippen molar-refractivity contribution in [1.29, 1.82) is 0 Å². The maximum absolute atomic E-state index is 12.3. The Hall–Kier alpha value is -1.95. The zero-order valence-corrected chi connectivity index (χ0v) is 11.4. The van der Waals surface area contributed by atoms with Gasteiger partial charge in [-0.1, -0.05) is 0 Å². The minimum absolute atomic E-state index is 0.00243. The van der Waals surface area contributed by atoms with E-state index in [9.17, 15) is 4.79 Å². The van der Waals surface area contributed by atoms with Crippen molar-refractivity contribution in [3.63, 3.8) is 0 Å². The average molecular weight is 278 g/mol. The van der Waals surface area contributed by atoms with Crippen molar-refractivity contribution < 1.29 is 19.4 Å². The van der Waals surface area contributed by atoms with Crippen molar-refractivity contribution in [2.45, 2.75) is 19.4 Å². The lowest BCUT2D eigenvalue weighted by Crippen LogP contribution is -2.46. The van der Waals surface area contributed by atoms with Crippen molar-refractivity contribution in [3.8, 4) is 11.5 Å². The molecule has 6 nitrogen and oxygen atoms in total. The Morgan fingerprint density at radius 1 is 1.35 bits per heavy atom. The molecule has 2 aliphatic rings. The first-order chi connectivity index (χ1) is 9.70. The molecule has 2 aliphatic heterocycles. The van der Waals surface area contributed by atoms with Gasteiger partial charge in [0.05, 0.1) is 11.4 Å². The van der Waals surface area contributed by atoms with Crippen molar-refractivity contribution in [1.82, 2.24) is 0 Å². The van der Waals surface area contributed by atoms with Gasteiger partial charge in [-0.15, -0.1) is 0 Å². The number of benzene rings is 1. The van der Waals surface area contributed by atoms with Crippen molar-refractivity contribution >= 4 is 17.3 Å². The lowest BCUT2D eigenvalue weighted by Gasteiger charge is -2.35. The molecule has 6 heteroatoms. The van der Waals surface area contributed by atoms with E-state index in [1.165, 1.54) is 0 Å². The molecule has 1 amide bonds. The fourth-order valence-electron chi connectivity index (χ4n) is 2.52. The predicted octanol–water partition coefficient (Wildman–Crippen LogP) is 0.987. The molecule has 0 radical (unpaired) electrons. The number of amides is 1. The van der Waals surface area contributed by atoms with Crippen LogP contribution in [0.1, 0.15) is 13.3 Å². The van der Waals surface area contributed by atoms with Gasteiger partial charge in [-0.3, -0.25) is 4.79 Å². The van der Waals surface area contributed by atoms with E-state index < -0.39 is 0 Å². The number of carbonyl (C=O) groups is 1. The van der Waals surface area contributed by atoms with Crippen LogP contribution < -0.4 is 19.7 Å². The third-order valence-corrected chi connectivity index (χ3v) is 3.50. The number of aliphatic hydroxyl groups is 1. The number of hydrogen-bond donors (Lipinski definition) is 2. The van der Waals surface area contributed by atoms with E-state index >= 15 is 0 Å². The van der Waals surface area contributed by atoms with E-state index in [0.29, 0.717) is 37.7 Å². The Morgan fingerprint density at radius 3 is 2.75 bits per heavy atom. The van der Waals surface area contributed by atoms with Crippen LogP contribution in [0.25, 0.3) is 0 Å². The monoisotopic (exact) mass is 278 g/mol. The number of aliphatic hydroxyl groups excluding tert-OH is 1. The molecule has 2 heterocycles. The summed E-state index contributed by atoms with van der Waals surface area (Å²) in [5, 5.41) is 12.2. The molecule has 1 atom stereocenters. The van der Waals surface area contributed by atoms with Crippen LogP contribution in [0.3, 0.4) is 0 Å². The van der Waals surface area contributed by atoms with Crippen LogP contribution in [0.15, 0.2) is 12.1 Å². The van der Waals surface area contributed by atoms with E-state index in [0.717, 1.165) is 11.4 Å². The highest BCUT2D eigenvalue weighted by molar-refractivity contribution is 6.05. The number of anilines is 2. The van der Waals surface area contributed by atoms with Crippen molar-refractivity contribution in [2.75, 3.05) is 36.6 Å². The molecule has 108 valence electrons. The maximum Gasteiger partial charge on any atom is 0.249 e. The molecule has 0 bridgehead atoms. The number of fused-ring (bicyclic) bond motifs is 2. The van der Waals surface area contributed by atoms with Crippen LogP contribution in [0.2, 0.25) is 0 Å². The number of nitrogens with zero attached hydrogens (tertiary/aromatic N) is 1. The van der Waals surface area contributed by atoms with E-state index in [1.807, 2.05) is 19.1 Å². The van der Waals surface area contributed by atoms with E-state index in [2.05, 4.69) is 5.32 Å². The first kappa shape index (κ1) is 13.1. The quantitative estimate of drug-likeness (QED) is 0.862. The summed E-state index contributed by atoms with van der Waals surface area (Å²) >= 11 is 0. The minimum Gasteiger partial charge on any atom is -0.486 e. The van der Waals surface area contributed by atoms with Crippen LogP contribution in [0, 0.1) is 0 Å². The summed E-state index contributed by atoms with van der Waals surface area (Å²) in [5.74, 6) is 1.36. The topological polar surface area (TPSA) is 71.0 Å². The summed E-state index contributed by atoms with van der Waals surface area (Å²) in [5.41, 5.74) is 1.64. The van der Waals surface area contributed by atoms with Crippen molar-refractivity contribution in [2.24, 2.45) is 0 Å². The number of rotatable bonds is 3. The number of nitrogens with one attached hydrogen (secondary N) is 1. The highest BCUT2D eigenvalue weighted by Gasteiger charge is 2.31. The molecule has 1 aromatic rings. The first-order valence-electron chi connectivity index (χ1n) is 6.83. The molecule has 3 rings (SSSR count). The van der Waals surface area contributed by atoms with Gasteiger partial charge in [0, 0.05) is 25.3 Å². The summed E-state index contributed by atoms with van der Waals surface area (Å²) in [7, 11) is 0. The number of ether oxygens (including phenoxy) is 2. The Morgan fingerprint density at radius 2 is 2.05 bits per heavy atom. The Balaban J connectivity index is 2.00. The lowest BCUT2D eigenvalue weighted by molar-refractivity contribution is -0.119. The third-order valence-electron chi connectivity index (χ3n) is 3.50. The second-order valence-electron chi connectivity index (χ2n) is 4.95. The zero-order valence-electron chi connectivity index (χ0n) is 11.4. The molecular formula is C14H18N2O4. The van der Waals surface area contributed by atoms with Gasteiger partial charge in [-0.25, -0.2) is 0 Å². The summed E-state index contributed by atoms with van der Waals surface area (Å²) in [6, 6.07) is 3.42. The number of carbonyl (C=O) groups excluding carboxylic acids is 1. The molecule has 1 unspecified atom stereocenters. The standard InChI is InChI=1S/C14H18N2O4/c1-9-14(18)16(3-2-4-17)11-8-13-12(7-10(11)15-9)19-5-6-20-13/h7-9,15,17H,2-6H2,1H3. The largest absolute Gasteiger partial charge is 0.486 e. The first-order valence-corrected chi connectivity index (χ1v) is 6.83. The smallest absolute Gasteiger partial charge is 0.249 e. The second kappa shape index (κ2) is 5.20. The summed E-state index contributed by atoms with van der Waals surface area (Å²) in [6.45, 7) is 3.43. The van der Waals surface area contributed by atoms with E-state index in [4.69, 9.17) is 14.6 Å². The lowest BCUT2D eigenvalue weighted by atomic mass is 10.1. The molecule has 0 saturated heterocycles. The highest BCUT2D eigenvalue weighted by atomic mass is 16.6. The maximum atomic E-state index is 12.3. The van der Waals surface area contributed by atoms with Crippen LogP contribution in [-0.2, 0) is 4.79 Å². The molecule has 1 aromatic carbocycles. The average Bonchev–Trinajstić information content (AvgIpc) is 2.46. The van der Waals surface area contributed by atoms with Gasteiger partial charge in [0.15, 0.2) is 11.5 Å². The minimum atomic E-state index is -0.288. The van der Waals surface area contributed by atoms with Gasteiger partial charge in [-0.2, -0.15) is 0 Å². The Labute approximate surface area is 117 Å². The fraction of sp³-hybridized carbons (Fsp3) is 0.500. The molecule has 20 heavy (non-hydrogen) atoms. The zero-order chi connectivity index (χ0) is 14.1. The van der Waals surface area contributed by atoms with Gasteiger partial charge < -0.3 is 24.8 Å². The van der Waals surface area contributed by atoms with Gasteiger partial charge >= 0.3 is 0 Å². The van der Waals surface area contributed by atoms with Crippen LogP contribution in [0.4, 0.5) is 11.4 Å². The SMILES string of the molecule is CC1Nc2cc3c(cc2N(CCCO)C1=O)OCCO3. The summed E-state index contributed by atoms with van der Waals surface area (Å²) in [4.78, 5) is 14.0. The van der Waals surface area contributed by atoms with Crippen LogP contribution >= 0.6 is 0 Å². The Kier molecular flexibility index (Phi) is 3.40. The summed E-state index contributed by atoms with van der Waals surface area (Å²) < 4.78 is 11.1. The third kappa shape index (κ3) is 2.16. The molecule has 0 spiro atoms. The molecule has 2 N–H and O–H groups in total. The second-order valence-corrected chi connectivity index (χ2v) is 4.95. The molecule has 0 fully saturated rings. The van der Waals surface area contributed by atoms with E-state index in [-0.39, 0.29) is 18.6 Å². The number of hydrogen-bond acceptors (Lipinski definition) is 5. The summed E-state index contributed by atoms with van der Waals surface area (Å²) in [6.07, 6.45) is 0.548. The van der Waals surface area contributed by atoms with Crippen molar-refractivity contribution in [3.05, 3.63) is 12.1 Å². The molecule has 0 aromatic heterocycles. The molecular weight excluding hydrogens is 260 g/mol. The van der Waals surface area contributed by atoms with Gasteiger partial charge in [0.2, 0.25) is 5.91 Å². The fourth-order valence-corrected chi connectivity index (χ4v) is 2.52.